The van der Waals surface area contributed by atoms with Crippen LogP contribution in [-0.2, 0) is 24.5 Å². The van der Waals surface area contributed by atoms with Crippen LogP contribution < -0.4 is 5.32 Å². The molecule has 1 unspecified atom stereocenters. The van der Waals surface area contributed by atoms with E-state index in [0.717, 1.165) is 32.5 Å². The van der Waals surface area contributed by atoms with Gasteiger partial charge in [-0.2, -0.15) is 0 Å². The third-order valence-corrected chi connectivity index (χ3v) is 8.90. The molecule has 1 fully saturated rings. The molecule has 3 aromatic rings. The highest BCUT2D eigenvalue weighted by atomic mass is 16.6. The average molecular weight is 608 g/mol. The summed E-state index contributed by atoms with van der Waals surface area (Å²) in [5, 5.41) is 14.6. The minimum absolute atomic E-state index is 0.0850. The molecule has 0 aliphatic carbocycles. The molecule has 0 saturated carbocycles. The number of piperidine rings is 1. The number of methoxy groups -OCH3 is 1. The Morgan fingerprint density at radius 1 is 0.978 bits per heavy atom. The number of esters is 2. The van der Waals surface area contributed by atoms with Gasteiger partial charge in [0.1, 0.15) is 0 Å². The number of nitrogens with zero attached hydrogens (tertiary/aromatic N) is 2. The second-order valence-electron chi connectivity index (χ2n) is 11.5. The number of nitrogens with one attached hydrogen (secondary N) is 1. The predicted octanol–water partition coefficient (Wildman–Crippen LogP) is 5.62. The van der Waals surface area contributed by atoms with E-state index in [-0.39, 0.29) is 28.9 Å². The van der Waals surface area contributed by atoms with Crippen LogP contribution in [0.5, 0.6) is 0 Å². The Hall–Kier alpha value is -4.94. The molecule has 0 bridgehead atoms. The molecule has 2 heterocycles. The number of nitro groups is 1. The van der Waals surface area contributed by atoms with Crippen LogP contribution in [0.3, 0.4) is 0 Å². The lowest BCUT2D eigenvalue weighted by Gasteiger charge is -2.42. The van der Waals surface area contributed by atoms with Gasteiger partial charge in [-0.05, 0) is 81.1 Å². The zero-order valence-corrected chi connectivity index (χ0v) is 25.8. The first kappa shape index (κ1) is 31.5. The van der Waals surface area contributed by atoms with E-state index >= 15 is 0 Å². The molecular formula is C36H37N3O6. The first-order chi connectivity index (χ1) is 21.7. The van der Waals surface area contributed by atoms with Crippen LogP contribution in [0.25, 0.3) is 0 Å². The van der Waals surface area contributed by atoms with Gasteiger partial charge in [0.05, 0.1) is 35.7 Å². The van der Waals surface area contributed by atoms with E-state index in [9.17, 15) is 19.7 Å². The van der Waals surface area contributed by atoms with Crippen LogP contribution in [0.1, 0.15) is 55.7 Å². The fourth-order valence-electron chi connectivity index (χ4n) is 6.63. The van der Waals surface area contributed by atoms with Gasteiger partial charge in [-0.1, -0.05) is 54.6 Å². The van der Waals surface area contributed by atoms with Crippen LogP contribution in [0, 0.1) is 22.2 Å². The summed E-state index contributed by atoms with van der Waals surface area (Å²) in [6, 6.07) is 28.8. The summed E-state index contributed by atoms with van der Waals surface area (Å²) in [5.74, 6) is -2.09. The van der Waals surface area contributed by atoms with Gasteiger partial charge in [-0.25, -0.2) is 9.59 Å². The summed E-state index contributed by atoms with van der Waals surface area (Å²) in [7, 11) is 1.26. The molecule has 0 aromatic heterocycles. The molecule has 2 aliphatic rings. The molecule has 9 nitrogen and oxygen atoms in total. The molecule has 9 heteroatoms. The summed E-state index contributed by atoms with van der Waals surface area (Å²) < 4.78 is 10.8. The largest absolute Gasteiger partial charge is 0.466 e. The first-order valence-corrected chi connectivity index (χ1v) is 15.1. The lowest BCUT2D eigenvalue weighted by molar-refractivity contribution is -0.384. The summed E-state index contributed by atoms with van der Waals surface area (Å²) >= 11 is 0. The Morgan fingerprint density at radius 2 is 1.69 bits per heavy atom. The SMILES string of the molecule is COC(=O)C1=C(C)NC(C)=C(C(=O)OCCCN2CCC(c3cc#ccc3)(c3ccccc3)CC2)C1c1cccc([N+](=O)[O-])c1. The van der Waals surface area contributed by atoms with E-state index < -0.39 is 22.8 Å². The number of nitro benzene ring substituents is 1. The smallest absolute Gasteiger partial charge is 0.336 e. The molecule has 1 N–H and O–H groups in total. The van der Waals surface area contributed by atoms with E-state index in [0.29, 0.717) is 23.4 Å². The molecule has 1 saturated heterocycles. The number of ether oxygens (including phenoxy) is 2. The lowest BCUT2D eigenvalue weighted by atomic mass is 9.68. The van der Waals surface area contributed by atoms with Gasteiger partial charge < -0.3 is 19.7 Å². The molecular weight excluding hydrogens is 570 g/mol. The van der Waals surface area contributed by atoms with Gasteiger partial charge in [0.25, 0.3) is 5.69 Å². The van der Waals surface area contributed by atoms with Gasteiger partial charge in [0.15, 0.2) is 0 Å². The normalized spacial score (nSPS) is 18.1. The van der Waals surface area contributed by atoms with Gasteiger partial charge in [-0.15, -0.1) is 0 Å². The third-order valence-electron chi connectivity index (χ3n) is 8.90. The maximum absolute atomic E-state index is 13.6. The number of rotatable bonds is 10. The van der Waals surface area contributed by atoms with E-state index in [1.54, 1.807) is 19.9 Å². The summed E-state index contributed by atoms with van der Waals surface area (Å²) in [6.45, 7) is 6.20. The maximum atomic E-state index is 13.6. The molecule has 0 spiro atoms. The van der Waals surface area contributed by atoms with Crippen molar-refractivity contribution in [2.24, 2.45) is 0 Å². The number of dihydropyridines is 1. The highest BCUT2D eigenvalue weighted by Crippen LogP contribution is 2.42. The molecule has 45 heavy (non-hydrogen) atoms. The first-order valence-electron chi connectivity index (χ1n) is 15.1. The number of benzene rings is 2. The van der Waals surface area contributed by atoms with E-state index in [1.165, 1.54) is 36.4 Å². The van der Waals surface area contributed by atoms with Crippen molar-refractivity contribution in [3.63, 3.8) is 0 Å². The Bertz CT molecular complexity index is 1570. The Kier molecular flexibility index (Phi) is 9.65. The summed E-state index contributed by atoms with van der Waals surface area (Å²) in [5.41, 5.74) is 4.22. The van der Waals surface area contributed by atoms with Gasteiger partial charge in [-0.3, -0.25) is 10.1 Å². The van der Waals surface area contributed by atoms with Crippen molar-refractivity contribution in [2.45, 2.75) is 44.4 Å². The maximum Gasteiger partial charge on any atom is 0.336 e. The van der Waals surface area contributed by atoms with E-state index in [1.807, 2.05) is 18.2 Å². The van der Waals surface area contributed by atoms with Crippen LogP contribution in [-0.4, -0.2) is 55.1 Å². The van der Waals surface area contributed by atoms with E-state index in [4.69, 9.17) is 9.47 Å². The summed E-state index contributed by atoms with van der Waals surface area (Å²) in [6.07, 6.45) is 2.55. The van der Waals surface area contributed by atoms with Crippen LogP contribution in [0.15, 0.2) is 95.3 Å². The monoisotopic (exact) mass is 607 g/mol. The fraction of sp³-hybridized carbons (Fsp3) is 0.333. The topological polar surface area (TPSA) is 111 Å². The number of hydrogen-bond donors (Lipinski definition) is 1. The number of allylic oxidation sites excluding steroid dienone is 2. The molecule has 232 valence electrons. The Morgan fingerprint density at radius 3 is 2.33 bits per heavy atom. The van der Waals surface area contributed by atoms with Gasteiger partial charge in [0.2, 0.25) is 0 Å². The number of carbonyl (C=O) groups is 2. The predicted molar refractivity (Wildman–Crippen MR) is 169 cm³/mol. The average Bonchev–Trinajstić information content (AvgIpc) is 3.07. The highest BCUT2D eigenvalue weighted by Gasteiger charge is 2.39. The van der Waals surface area contributed by atoms with Crippen molar-refractivity contribution in [1.82, 2.24) is 10.2 Å². The molecule has 0 amide bonds. The van der Waals surface area contributed by atoms with Crippen molar-refractivity contribution < 1.29 is 24.0 Å². The minimum Gasteiger partial charge on any atom is -0.466 e. The number of non-ortho nitro benzene ring substituents is 1. The second kappa shape index (κ2) is 13.8. The van der Waals surface area contributed by atoms with E-state index in [2.05, 4.69) is 52.7 Å². The Balaban J connectivity index is 1.25. The number of carbonyl (C=O) groups excluding carboxylic acids is 2. The van der Waals surface area contributed by atoms with Crippen LogP contribution >= 0.6 is 0 Å². The second-order valence-corrected chi connectivity index (χ2v) is 11.5. The van der Waals surface area contributed by atoms with Crippen molar-refractivity contribution >= 4 is 17.6 Å². The van der Waals surface area contributed by atoms with Crippen molar-refractivity contribution in [1.29, 1.82) is 0 Å². The lowest BCUT2D eigenvalue weighted by Crippen LogP contribution is -2.43. The highest BCUT2D eigenvalue weighted by molar-refractivity contribution is 5.99. The number of hydrogen-bond acceptors (Lipinski definition) is 8. The summed E-state index contributed by atoms with van der Waals surface area (Å²) in [4.78, 5) is 39.9. The minimum atomic E-state index is -0.882. The zero-order chi connectivity index (χ0) is 32.0. The van der Waals surface area contributed by atoms with Gasteiger partial charge >= 0.3 is 11.9 Å². The van der Waals surface area contributed by atoms with Crippen LogP contribution in [0.2, 0.25) is 0 Å². The number of likely N-dealkylation sites (tertiary alicyclic amines) is 1. The molecule has 0 radical (unpaired) electrons. The Labute approximate surface area is 263 Å². The standard InChI is InChI=1S/C36H37N3O6/c1-25-31(34(40)44-3)33(27-12-10-17-30(24-27)39(42)43)32(26(2)37-25)35(41)45-23-11-20-38-21-18-36(19-22-38,28-13-6-4-7-14-28)29-15-8-5-9-16-29/h4,6-8,10,12-17,24,33,37H,11,18-23H2,1-3H3. The quantitative estimate of drug-likeness (QED) is 0.137. The van der Waals surface area contributed by atoms with Crippen molar-refractivity contribution in [2.75, 3.05) is 33.4 Å². The van der Waals surface area contributed by atoms with Crippen molar-refractivity contribution in [3.8, 4) is 0 Å². The van der Waals surface area contributed by atoms with Crippen molar-refractivity contribution in [3.05, 3.63) is 134 Å². The molecule has 3 aromatic carbocycles. The molecule has 2 aliphatic heterocycles. The van der Waals surface area contributed by atoms with Crippen LogP contribution in [0.4, 0.5) is 5.69 Å². The fourth-order valence-corrected chi connectivity index (χ4v) is 6.63. The molecule has 5 rings (SSSR count). The third kappa shape index (κ3) is 6.61. The molecule has 1 atom stereocenters. The van der Waals surface area contributed by atoms with Gasteiger partial charge in [0, 0.05) is 35.5 Å². The zero-order valence-electron chi connectivity index (χ0n) is 25.8.